The van der Waals surface area contributed by atoms with Crippen molar-refractivity contribution in [3.8, 4) is 11.4 Å². The lowest BCUT2D eigenvalue weighted by Crippen LogP contribution is -2.06. The number of halogens is 3. The van der Waals surface area contributed by atoms with E-state index in [2.05, 4.69) is 54.1 Å². The Bertz CT molecular complexity index is 632. The fourth-order valence-electron chi connectivity index (χ4n) is 1.80. The molecule has 2 aromatic rings. The molecule has 1 aromatic carbocycles. The lowest BCUT2D eigenvalue weighted by Gasteiger charge is -2.12. The summed E-state index contributed by atoms with van der Waals surface area (Å²) in [5.41, 5.74) is 1.86. The van der Waals surface area contributed by atoms with E-state index in [-0.39, 0.29) is 0 Å². The standard InChI is InChI=1S/C14H14Br2ClN3/c1-3-11-12(16)14(18-4-2)20-13(19-11)9-7-8(17)5-6-10(9)15/h5-7H,3-4H2,1-2H3,(H,18,19,20). The van der Waals surface area contributed by atoms with E-state index < -0.39 is 0 Å². The minimum atomic E-state index is 0.662. The van der Waals surface area contributed by atoms with Crippen LogP contribution in [0.4, 0.5) is 5.82 Å². The molecule has 2 rings (SSSR count). The molecule has 20 heavy (non-hydrogen) atoms. The number of aromatic nitrogens is 2. The van der Waals surface area contributed by atoms with Gasteiger partial charge in [-0.3, -0.25) is 0 Å². The van der Waals surface area contributed by atoms with Crippen LogP contribution < -0.4 is 5.32 Å². The Balaban J connectivity index is 2.61. The quantitative estimate of drug-likeness (QED) is 0.729. The maximum absolute atomic E-state index is 6.07. The molecule has 0 atom stereocenters. The second kappa shape index (κ2) is 6.87. The zero-order chi connectivity index (χ0) is 14.7. The number of anilines is 1. The molecule has 6 heteroatoms. The van der Waals surface area contributed by atoms with Gasteiger partial charge < -0.3 is 5.32 Å². The number of nitrogens with one attached hydrogen (secondary N) is 1. The predicted molar refractivity (Wildman–Crippen MR) is 91.4 cm³/mol. The topological polar surface area (TPSA) is 37.8 Å². The molecule has 0 aliphatic heterocycles. The number of hydrogen-bond acceptors (Lipinski definition) is 3. The van der Waals surface area contributed by atoms with E-state index in [0.717, 1.165) is 39.0 Å². The largest absolute Gasteiger partial charge is 0.369 e. The summed E-state index contributed by atoms with van der Waals surface area (Å²) >= 11 is 13.2. The van der Waals surface area contributed by atoms with Gasteiger partial charge in [-0.25, -0.2) is 9.97 Å². The first kappa shape index (κ1) is 15.7. The van der Waals surface area contributed by atoms with Crippen molar-refractivity contribution in [1.82, 2.24) is 9.97 Å². The summed E-state index contributed by atoms with van der Waals surface area (Å²) < 4.78 is 1.84. The van der Waals surface area contributed by atoms with Gasteiger partial charge in [-0.15, -0.1) is 0 Å². The number of aryl methyl sites for hydroxylation is 1. The zero-order valence-corrected chi connectivity index (χ0v) is 15.1. The van der Waals surface area contributed by atoms with Gasteiger partial charge in [-0.05, 0) is 47.5 Å². The summed E-state index contributed by atoms with van der Waals surface area (Å²) in [4.78, 5) is 9.20. The third-order valence-electron chi connectivity index (χ3n) is 2.77. The Morgan fingerprint density at radius 3 is 2.60 bits per heavy atom. The van der Waals surface area contributed by atoms with E-state index in [1.54, 1.807) is 0 Å². The third kappa shape index (κ3) is 3.32. The summed E-state index contributed by atoms with van der Waals surface area (Å²) in [6.07, 6.45) is 0.826. The van der Waals surface area contributed by atoms with Crippen LogP contribution in [0.3, 0.4) is 0 Å². The number of hydrogen-bond donors (Lipinski definition) is 1. The van der Waals surface area contributed by atoms with E-state index in [1.807, 2.05) is 25.1 Å². The van der Waals surface area contributed by atoms with Crippen LogP contribution in [0.1, 0.15) is 19.5 Å². The molecule has 0 aliphatic carbocycles. The molecule has 0 fully saturated rings. The van der Waals surface area contributed by atoms with Crippen molar-refractivity contribution >= 4 is 49.3 Å². The second-order valence-corrected chi connectivity index (χ2v) is 6.25. The van der Waals surface area contributed by atoms with Gasteiger partial charge in [0.2, 0.25) is 0 Å². The SMILES string of the molecule is CCNc1nc(-c2cc(Cl)ccc2Br)nc(CC)c1Br. The average molecular weight is 420 g/mol. The molecule has 0 amide bonds. The van der Waals surface area contributed by atoms with Gasteiger partial charge in [0.25, 0.3) is 0 Å². The summed E-state index contributed by atoms with van der Waals surface area (Å²) in [7, 11) is 0. The van der Waals surface area contributed by atoms with Gasteiger partial charge in [-0.1, -0.05) is 34.5 Å². The Morgan fingerprint density at radius 1 is 1.20 bits per heavy atom. The van der Waals surface area contributed by atoms with Crippen LogP contribution in [0.5, 0.6) is 0 Å². The first-order valence-electron chi connectivity index (χ1n) is 6.32. The second-order valence-electron chi connectivity index (χ2n) is 4.16. The van der Waals surface area contributed by atoms with Gasteiger partial charge >= 0.3 is 0 Å². The van der Waals surface area contributed by atoms with Crippen molar-refractivity contribution in [3.05, 3.63) is 37.9 Å². The zero-order valence-electron chi connectivity index (χ0n) is 11.2. The van der Waals surface area contributed by atoms with E-state index in [0.29, 0.717) is 10.8 Å². The van der Waals surface area contributed by atoms with Crippen molar-refractivity contribution in [2.45, 2.75) is 20.3 Å². The molecule has 1 heterocycles. The molecule has 0 unspecified atom stereocenters. The van der Waals surface area contributed by atoms with Crippen LogP contribution >= 0.6 is 43.5 Å². The molecular formula is C14H14Br2ClN3. The van der Waals surface area contributed by atoms with Gasteiger partial charge in [0.1, 0.15) is 5.82 Å². The van der Waals surface area contributed by atoms with Crippen molar-refractivity contribution in [2.24, 2.45) is 0 Å². The van der Waals surface area contributed by atoms with Gasteiger partial charge in [-0.2, -0.15) is 0 Å². The minimum Gasteiger partial charge on any atom is -0.369 e. The van der Waals surface area contributed by atoms with Gasteiger partial charge in [0.15, 0.2) is 5.82 Å². The van der Waals surface area contributed by atoms with Gasteiger partial charge in [0.05, 0.1) is 10.2 Å². The Kier molecular flexibility index (Phi) is 5.41. The van der Waals surface area contributed by atoms with Crippen LogP contribution in [0.2, 0.25) is 5.02 Å². The van der Waals surface area contributed by atoms with Crippen molar-refractivity contribution in [2.75, 3.05) is 11.9 Å². The Morgan fingerprint density at radius 2 is 1.95 bits per heavy atom. The smallest absolute Gasteiger partial charge is 0.163 e. The highest BCUT2D eigenvalue weighted by Gasteiger charge is 2.14. The van der Waals surface area contributed by atoms with E-state index in [4.69, 9.17) is 11.6 Å². The van der Waals surface area contributed by atoms with Crippen molar-refractivity contribution in [1.29, 1.82) is 0 Å². The summed E-state index contributed by atoms with van der Waals surface area (Å²) in [6.45, 7) is 4.91. The lowest BCUT2D eigenvalue weighted by molar-refractivity contribution is 0.983. The first-order valence-corrected chi connectivity index (χ1v) is 8.28. The summed E-state index contributed by atoms with van der Waals surface area (Å²) in [5.74, 6) is 1.47. The number of benzene rings is 1. The molecule has 0 radical (unpaired) electrons. The third-order valence-corrected chi connectivity index (χ3v) is 4.53. The molecule has 0 bridgehead atoms. The van der Waals surface area contributed by atoms with Gasteiger partial charge in [0, 0.05) is 21.6 Å². The monoisotopic (exact) mass is 417 g/mol. The fraction of sp³-hybridized carbons (Fsp3) is 0.286. The minimum absolute atomic E-state index is 0.662. The Hall–Kier alpha value is -0.650. The number of rotatable bonds is 4. The molecular weight excluding hydrogens is 405 g/mol. The van der Waals surface area contributed by atoms with E-state index in [1.165, 1.54) is 0 Å². The fourth-order valence-corrected chi connectivity index (χ4v) is 3.00. The molecule has 0 saturated carbocycles. The maximum atomic E-state index is 6.07. The highest BCUT2D eigenvalue weighted by molar-refractivity contribution is 9.11. The summed E-state index contributed by atoms with van der Waals surface area (Å²) in [5, 5.41) is 3.91. The molecule has 0 saturated heterocycles. The van der Waals surface area contributed by atoms with Crippen molar-refractivity contribution < 1.29 is 0 Å². The van der Waals surface area contributed by atoms with Crippen molar-refractivity contribution in [3.63, 3.8) is 0 Å². The van der Waals surface area contributed by atoms with E-state index in [9.17, 15) is 0 Å². The number of nitrogens with zero attached hydrogens (tertiary/aromatic N) is 2. The normalized spacial score (nSPS) is 10.7. The van der Waals surface area contributed by atoms with Crippen LogP contribution in [0, 0.1) is 0 Å². The summed E-state index contributed by atoms with van der Waals surface area (Å²) in [6, 6.07) is 5.60. The Labute approximate surface area is 140 Å². The highest BCUT2D eigenvalue weighted by atomic mass is 79.9. The maximum Gasteiger partial charge on any atom is 0.163 e. The molecule has 3 nitrogen and oxygen atoms in total. The van der Waals surface area contributed by atoms with E-state index >= 15 is 0 Å². The average Bonchev–Trinajstić information content (AvgIpc) is 2.44. The van der Waals surface area contributed by atoms with Crippen LogP contribution in [0.15, 0.2) is 27.1 Å². The molecule has 0 aliphatic rings. The lowest BCUT2D eigenvalue weighted by atomic mass is 10.2. The molecule has 1 aromatic heterocycles. The van der Waals surface area contributed by atoms with Crippen LogP contribution in [0.25, 0.3) is 11.4 Å². The van der Waals surface area contributed by atoms with Crippen LogP contribution in [-0.4, -0.2) is 16.5 Å². The molecule has 106 valence electrons. The highest BCUT2D eigenvalue weighted by Crippen LogP contribution is 2.32. The first-order chi connectivity index (χ1) is 9.56. The molecule has 0 spiro atoms. The molecule has 1 N–H and O–H groups in total. The predicted octanol–water partition coefficient (Wildman–Crippen LogP) is 5.32. The van der Waals surface area contributed by atoms with Crippen LogP contribution in [-0.2, 0) is 6.42 Å².